The van der Waals surface area contributed by atoms with Gasteiger partial charge in [0.15, 0.2) is 5.82 Å². The zero-order chi connectivity index (χ0) is 14.4. The third kappa shape index (κ3) is 3.44. The fourth-order valence-electron chi connectivity index (χ4n) is 1.81. The third-order valence-electron chi connectivity index (χ3n) is 2.84. The predicted molar refractivity (Wildman–Crippen MR) is 80.0 cm³/mol. The SMILES string of the molecule is CCNc1nc(OCC)nc(-c2ccc(CC)cc2)n1. The molecule has 0 aliphatic carbocycles. The molecule has 0 radical (unpaired) electrons. The Morgan fingerprint density at radius 2 is 1.75 bits per heavy atom. The lowest BCUT2D eigenvalue weighted by Gasteiger charge is -2.08. The molecule has 2 rings (SSSR count). The molecule has 0 bridgehead atoms. The van der Waals surface area contributed by atoms with E-state index in [9.17, 15) is 0 Å². The van der Waals surface area contributed by atoms with E-state index in [-0.39, 0.29) is 0 Å². The summed E-state index contributed by atoms with van der Waals surface area (Å²) in [6, 6.07) is 8.59. The number of nitrogens with one attached hydrogen (secondary N) is 1. The van der Waals surface area contributed by atoms with Gasteiger partial charge in [0, 0.05) is 12.1 Å². The van der Waals surface area contributed by atoms with Gasteiger partial charge < -0.3 is 10.1 Å². The second kappa shape index (κ2) is 6.84. The fourth-order valence-corrected chi connectivity index (χ4v) is 1.81. The fraction of sp³-hybridized carbons (Fsp3) is 0.400. The molecule has 1 aromatic carbocycles. The molecule has 1 heterocycles. The van der Waals surface area contributed by atoms with E-state index in [2.05, 4.69) is 39.3 Å². The molecule has 0 aliphatic rings. The van der Waals surface area contributed by atoms with Crippen molar-refractivity contribution in [3.8, 4) is 17.4 Å². The van der Waals surface area contributed by atoms with Crippen LogP contribution in [0.25, 0.3) is 11.4 Å². The first kappa shape index (κ1) is 14.2. The van der Waals surface area contributed by atoms with E-state index in [0.29, 0.717) is 24.4 Å². The molecule has 1 aromatic heterocycles. The minimum absolute atomic E-state index is 0.355. The number of anilines is 1. The van der Waals surface area contributed by atoms with E-state index in [1.807, 2.05) is 26.0 Å². The van der Waals surface area contributed by atoms with Crippen molar-refractivity contribution >= 4 is 5.95 Å². The Morgan fingerprint density at radius 1 is 1.00 bits per heavy atom. The second-order valence-corrected chi connectivity index (χ2v) is 4.28. The molecule has 0 unspecified atom stereocenters. The first-order chi connectivity index (χ1) is 9.76. The van der Waals surface area contributed by atoms with Crippen LogP contribution in [0, 0.1) is 0 Å². The second-order valence-electron chi connectivity index (χ2n) is 4.28. The van der Waals surface area contributed by atoms with Gasteiger partial charge >= 0.3 is 6.01 Å². The van der Waals surface area contributed by atoms with Crippen molar-refractivity contribution in [2.45, 2.75) is 27.2 Å². The molecular weight excluding hydrogens is 252 g/mol. The van der Waals surface area contributed by atoms with Crippen molar-refractivity contribution in [3.05, 3.63) is 29.8 Å². The van der Waals surface area contributed by atoms with Gasteiger partial charge in [0.2, 0.25) is 5.95 Å². The maximum absolute atomic E-state index is 5.40. The van der Waals surface area contributed by atoms with E-state index in [1.165, 1.54) is 5.56 Å². The van der Waals surface area contributed by atoms with E-state index in [1.54, 1.807) is 0 Å². The van der Waals surface area contributed by atoms with E-state index >= 15 is 0 Å². The average molecular weight is 272 g/mol. The molecule has 2 aromatic rings. The summed E-state index contributed by atoms with van der Waals surface area (Å²) in [6.07, 6.45) is 1.02. The Morgan fingerprint density at radius 3 is 2.35 bits per heavy atom. The van der Waals surface area contributed by atoms with Gasteiger partial charge in [-0.05, 0) is 25.8 Å². The van der Waals surface area contributed by atoms with Gasteiger partial charge in [-0.1, -0.05) is 31.2 Å². The zero-order valence-electron chi connectivity index (χ0n) is 12.2. The van der Waals surface area contributed by atoms with Crippen LogP contribution in [-0.4, -0.2) is 28.1 Å². The van der Waals surface area contributed by atoms with Crippen LogP contribution < -0.4 is 10.1 Å². The van der Waals surface area contributed by atoms with Crippen molar-refractivity contribution in [2.75, 3.05) is 18.5 Å². The van der Waals surface area contributed by atoms with Crippen molar-refractivity contribution in [2.24, 2.45) is 0 Å². The number of aryl methyl sites for hydroxylation is 1. The molecule has 0 aliphatic heterocycles. The van der Waals surface area contributed by atoms with Gasteiger partial charge in [-0.25, -0.2) is 0 Å². The lowest BCUT2D eigenvalue weighted by molar-refractivity contribution is 0.312. The Labute approximate surface area is 119 Å². The summed E-state index contributed by atoms with van der Waals surface area (Å²) in [6.45, 7) is 7.33. The Balaban J connectivity index is 2.37. The van der Waals surface area contributed by atoms with Crippen LogP contribution in [0.5, 0.6) is 6.01 Å². The van der Waals surface area contributed by atoms with Crippen molar-refractivity contribution in [3.63, 3.8) is 0 Å². The zero-order valence-corrected chi connectivity index (χ0v) is 12.2. The highest BCUT2D eigenvalue weighted by Crippen LogP contribution is 2.19. The first-order valence-corrected chi connectivity index (χ1v) is 6.98. The maximum atomic E-state index is 5.40. The van der Waals surface area contributed by atoms with Crippen LogP contribution >= 0.6 is 0 Å². The van der Waals surface area contributed by atoms with Gasteiger partial charge in [0.1, 0.15) is 0 Å². The van der Waals surface area contributed by atoms with Crippen molar-refractivity contribution < 1.29 is 4.74 Å². The Kier molecular flexibility index (Phi) is 4.87. The van der Waals surface area contributed by atoms with Crippen LogP contribution in [0.15, 0.2) is 24.3 Å². The van der Waals surface area contributed by atoms with E-state index < -0.39 is 0 Å². The number of nitrogens with zero attached hydrogens (tertiary/aromatic N) is 3. The molecule has 20 heavy (non-hydrogen) atoms. The molecule has 5 nitrogen and oxygen atoms in total. The highest BCUT2D eigenvalue weighted by Gasteiger charge is 2.08. The molecule has 0 amide bonds. The molecule has 1 N–H and O–H groups in total. The number of benzene rings is 1. The summed E-state index contributed by atoms with van der Waals surface area (Å²) in [7, 11) is 0. The molecular formula is C15H20N4O. The van der Waals surface area contributed by atoms with E-state index in [4.69, 9.17) is 4.74 Å². The smallest absolute Gasteiger partial charge is 0.321 e. The summed E-state index contributed by atoms with van der Waals surface area (Å²) < 4.78 is 5.40. The monoisotopic (exact) mass is 272 g/mol. The molecule has 106 valence electrons. The van der Waals surface area contributed by atoms with Crippen LogP contribution in [-0.2, 0) is 6.42 Å². The van der Waals surface area contributed by atoms with Gasteiger partial charge in [-0.2, -0.15) is 15.0 Å². The minimum Gasteiger partial charge on any atom is -0.464 e. The van der Waals surface area contributed by atoms with Gasteiger partial charge in [-0.15, -0.1) is 0 Å². The lowest BCUT2D eigenvalue weighted by atomic mass is 10.1. The maximum Gasteiger partial charge on any atom is 0.321 e. The molecule has 0 spiro atoms. The molecule has 0 saturated heterocycles. The van der Waals surface area contributed by atoms with Crippen LogP contribution in [0.2, 0.25) is 0 Å². The first-order valence-electron chi connectivity index (χ1n) is 6.98. The lowest BCUT2D eigenvalue weighted by Crippen LogP contribution is -2.07. The Hall–Kier alpha value is -2.17. The normalized spacial score (nSPS) is 10.3. The summed E-state index contributed by atoms with van der Waals surface area (Å²) in [5, 5.41) is 3.10. The molecule has 0 fully saturated rings. The van der Waals surface area contributed by atoms with Gasteiger partial charge in [0.25, 0.3) is 0 Å². The largest absolute Gasteiger partial charge is 0.464 e. The summed E-state index contributed by atoms with van der Waals surface area (Å²) >= 11 is 0. The van der Waals surface area contributed by atoms with Crippen LogP contribution in [0.1, 0.15) is 26.3 Å². The number of hydrogen-bond acceptors (Lipinski definition) is 5. The topological polar surface area (TPSA) is 59.9 Å². The van der Waals surface area contributed by atoms with Crippen molar-refractivity contribution in [1.82, 2.24) is 15.0 Å². The standard InChI is InChI=1S/C15H20N4O/c1-4-11-7-9-12(10-8-11)13-17-14(16-5-2)19-15(18-13)20-6-3/h7-10H,4-6H2,1-3H3,(H,16,17,18,19). The average Bonchev–Trinajstić information content (AvgIpc) is 2.48. The number of aromatic nitrogens is 3. The molecule has 0 atom stereocenters. The highest BCUT2D eigenvalue weighted by molar-refractivity contribution is 5.57. The van der Waals surface area contributed by atoms with Crippen molar-refractivity contribution in [1.29, 1.82) is 0 Å². The quantitative estimate of drug-likeness (QED) is 0.876. The van der Waals surface area contributed by atoms with Crippen LogP contribution in [0.3, 0.4) is 0 Å². The summed E-state index contributed by atoms with van der Waals surface area (Å²) in [4.78, 5) is 13.0. The summed E-state index contributed by atoms with van der Waals surface area (Å²) in [5.41, 5.74) is 2.25. The van der Waals surface area contributed by atoms with Crippen LogP contribution in [0.4, 0.5) is 5.95 Å². The minimum atomic E-state index is 0.355. The van der Waals surface area contributed by atoms with Gasteiger partial charge in [0.05, 0.1) is 6.61 Å². The van der Waals surface area contributed by atoms with E-state index in [0.717, 1.165) is 18.5 Å². The number of rotatable bonds is 6. The number of ether oxygens (including phenoxy) is 1. The third-order valence-corrected chi connectivity index (χ3v) is 2.84. The molecule has 5 heteroatoms. The molecule has 0 saturated carbocycles. The van der Waals surface area contributed by atoms with Gasteiger partial charge in [-0.3, -0.25) is 0 Å². The Bertz CT molecular complexity index is 530. The highest BCUT2D eigenvalue weighted by atomic mass is 16.5. The summed E-state index contributed by atoms with van der Waals surface area (Å²) in [5.74, 6) is 1.17. The number of hydrogen-bond donors (Lipinski definition) is 1. The predicted octanol–water partition coefficient (Wildman–Crippen LogP) is 2.93.